The second kappa shape index (κ2) is 17.1. The molecule has 1 spiro atoms. The number of benzene rings is 4. The Morgan fingerprint density at radius 2 is 1.84 bits per heavy atom. The average molecular weight is 906 g/mol. The minimum Gasteiger partial charge on any atom is -0.494 e. The van der Waals surface area contributed by atoms with Crippen molar-refractivity contribution in [2.24, 2.45) is 11.3 Å². The number of hydrogen-bond donors (Lipinski definition) is 4. The first-order valence-electron chi connectivity index (χ1n) is 21.9. The van der Waals surface area contributed by atoms with Gasteiger partial charge in [-0.3, -0.25) is 24.5 Å². The molecule has 3 saturated heterocycles. The zero-order chi connectivity index (χ0) is 45.1. The number of carbonyl (C=O) groups is 4. The SMILES string of the molecule is COc1cc(N2CCC[C@@H](C#Cc3cccc4c3CN([C@@H]3CCC(=O)NC3=O)C4=O)C2)ccc1NC(=O)[C@@H]1N[C@@H](CC(C)(C)C)[C@@]2(CNc3cc(Cl)ccc32)[C@H]1c1cccc(Cl)c1F. The Bertz CT molecular complexity index is 2640. The van der Waals surface area contributed by atoms with Gasteiger partial charge in [-0.1, -0.05) is 80.1 Å². The lowest BCUT2D eigenvalue weighted by molar-refractivity contribution is -0.137. The Balaban J connectivity index is 0.955. The molecular formula is C50H51Cl2FN6O5. The molecule has 0 radical (unpaired) electrons. The summed E-state index contributed by atoms with van der Waals surface area (Å²) in [6.45, 7) is 8.69. The monoisotopic (exact) mass is 904 g/mol. The van der Waals surface area contributed by atoms with Crippen LogP contribution in [-0.2, 0) is 26.3 Å². The number of halogens is 3. The van der Waals surface area contributed by atoms with Crippen LogP contribution in [-0.4, -0.2) is 73.4 Å². The number of amides is 4. The Hall–Kier alpha value is -5.61. The molecule has 6 atom stereocenters. The van der Waals surface area contributed by atoms with Gasteiger partial charge in [-0.15, -0.1) is 0 Å². The summed E-state index contributed by atoms with van der Waals surface area (Å²) in [5, 5.41) is 13.4. The normalized spacial score (nSPS) is 25.0. The molecule has 0 aromatic heterocycles. The van der Waals surface area contributed by atoms with E-state index in [1.54, 1.807) is 30.2 Å². The lowest BCUT2D eigenvalue weighted by Crippen LogP contribution is -2.52. The first-order valence-corrected chi connectivity index (χ1v) is 22.7. The molecule has 4 amide bonds. The summed E-state index contributed by atoms with van der Waals surface area (Å²) in [4.78, 5) is 56.4. The zero-order valence-electron chi connectivity index (χ0n) is 36.2. The van der Waals surface area contributed by atoms with Gasteiger partial charge in [0.15, 0.2) is 0 Å². The zero-order valence-corrected chi connectivity index (χ0v) is 37.8. The summed E-state index contributed by atoms with van der Waals surface area (Å²) in [7, 11) is 1.57. The second-order valence-electron chi connectivity index (χ2n) is 18.8. The van der Waals surface area contributed by atoms with E-state index in [-0.39, 0.29) is 53.1 Å². The summed E-state index contributed by atoms with van der Waals surface area (Å²) >= 11 is 12.9. The molecule has 4 aromatic carbocycles. The highest BCUT2D eigenvalue weighted by molar-refractivity contribution is 6.31. The van der Waals surface area contributed by atoms with E-state index in [9.17, 15) is 19.2 Å². The van der Waals surface area contributed by atoms with Crippen LogP contribution in [0.5, 0.6) is 5.75 Å². The predicted octanol–water partition coefficient (Wildman–Crippen LogP) is 8.03. The van der Waals surface area contributed by atoms with Gasteiger partial charge >= 0.3 is 0 Å². The Morgan fingerprint density at radius 3 is 2.62 bits per heavy atom. The molecule has 0 saturated carbocycles. The van der Waals surface area contributed by atoms with Crippen LogP contribution in [0.1, 0.15) is 91.4 Å². The topological polar surface area (TPSA) is 132 Å². The molecular weight excluding hydrogens is 854 g/mol. The van der Waals surface area contributed by atoms with Crippen molar-refractivity contribution in [3.63, 3.8) is 0 Å². The molecule has 5 aliphatic rings. The average Bonchev–Trinajstić information content (AvgIpc) is 3.91. The fourth-order valence-corrected chi connectivity index (χ4v) is 11.0. The van der Waals surface area contributed by atoms with Crippen LogP contribution < -0.4 is 30.9 Å². The third-order valence-electron chi connectivity index (χ3n) is 13.6. The van der Waals surface area contributed by atoms with Crippen LogP contribution in [0.15, 0.2) is 72.8 Å². The highest BCUT2D eigenvalue weighted by atomic mass is 35.5. The van der Waals surface area contributed by atoms with E-state index in [0.29, 0.717) is 53.5 Å². The molecule has 0 aliphatic carbocycles. The first kappa shape index (κ1) is 43.6. The van der Waals surface area contributed by atoms with Crippen LogP contribution in [0, 0.1) is 29.0 Å². The van der Waals surface area contributed by atoms with Crippen LogP contribution >= 0.6 is 23.2 Å². The summed E-state index contributed by atoms with van der Waals surface area (Å²) < 4.78 is 22.2. The van der Waals surface area contributed by atoms with E-state index in [1.807, 2.05) is 48.5 Å². The van der Waals surface area contributed by atoms with E-state index in [0.717, 1.165) is 47.5 Å². The maximum atomic E-state index is 16.3. The molecule has 4 aromatic rings. The van der Waals surface area contributed by atoms with Crippen molar-refractivity contribution in [2.75, 3.05) is 42.3 Å². The van der Waals surface area contributed by atoms with E-state index in [2.05, 4.69) is 58.8 Å². The summed E-state index contributed by atoms with van der Waals surface area (Å²) in [5.74, 6) is 4.85. The number of fused-ring (bicyclic) bond motifs is 3. The highest BCUT2D eigenvalue weighted by Crippen LogP contribution is 2.57. The van der Waals surface area contributed by atoms with Gasteiger partial charge in [0.05, 0.1) is 23.9 Å². The summed E-state index contributed by atoms with van der Waals surface area (Å²) in [5.41, 5.74) is 4.84. The number of ether oxygens (including phenoxy) is 1. The minimum atomic E-state index is -0.848. The standard InChI is InChI=1S/C50H51Cl2FN6O5/c1-49(2,3)24-41-50(27-54-38-22-30(51)15-17-35(38)50)43(33-11-6-12-36(52)44(33)53)45(56-41)47(62)55-37-18-16-31(23-40(37)64-4)58-21-7-8-28(25-58)13-14-29-9-5-10-32-34(29)26-59(48(32)63)39-19-20-42(60)57-46(39)61/h5-6,9-12,15-18,22-23,28,39,41,43,45,54,56H,7-8,19-21,24-27H2,1-4H3,(H,55,62)(H,57,60,61)/t28-,39+,41-,43-,45+,50-/m0/s1. The number of methoxy groups -OCH3 is 1. The quantitative estimate of drug-likeness (QED) is 0.108. The van der Waals surface area contributed by atoms with Crippen molar-refractivity contribution in [3.05, 3.63) is 116 Å². The molecule has 3 fully saturated rings. The molecule has 4 N–H and O–H groups in total. The number of nitrogens with one attached hydrogen (secondary N) is 4. The van der Waals surface area contributed by atoms with Crippen LogP contribution in [0.25, 0.3) is 0 Å². The van der Waals surface area contributed by atoms with Gasteiger partial charge in [-0.25, -0.2) is 4.39 Å². The third-order valence-corrected chi connectivity index (χ3v) is 14.1. The number of nitrogens with zero attached hydrogens (tertiary/aromatic N) is 2. The molecule has 5 aliphatic heterocycles. The van der Waals surface area contributed by atoms with Gasteiger partial charge in [0, 0.05) is 89.5 Å². The van der Waals surface area contributed by atoms with Gasteiger partial charge in [-0.05, 0) is 90.3 Å². The summed E-state index contributed by atoms with van der Waals surface area (Å²) in [6.07, 6.45) is 3.01. The Kier molecular flexibility index (Phi) is 11.6. The van der Waals surface area contributed by atoms with Gasteiger partial charge in [0.1, 0.15) is 17.6 Å². The molecule has 11 nitrogen and oxygen atoms in total. The maximum absolute atomic E-state index is 16.3. The van der Waals surface area contributed by atoms with Gasteiger partial charge in [-0.2, -0.15) is 0 Å². The van der Waals surface area contributed by atoms with Crippen molar-refractivity contribution in [3.8, 4) is 17.6 Å². The van der Waals surface area contributed by atoms with Crippen molar-refractivity contribution in [1.82, 2.24) is 15.5 Å². The fourth-order valence-electron chi connectivity index (χ4n) is 10.7. The Labute approximate surface area is 382 Å². The van der Waals surface area contributed by atoms with E-state index < -0.39 is 35.1 Å². The van der Waals surface area contributed by atoms with Gasteiger partial charge in [0.25, 0.3) is 5.91 Å². The summed E-state index contributed by atoms with van der Waals surface area (Å²) in [6, 6.07) is 20.2. The maximum Gasteiger partial charge on any atom is 0.255 e. The van der Waals surface area contributed by atoms with Gasteiger partial charge < -0.3 is 30.5 Å². The lowest BCUT2D eigenvalue weighted by Gasteiger charge is -2.39. The second-order valence-corrected chi connectivity index (χ2v) is 19.7. The number of piperidine rings is 2. The highest BCUT2D eigenvalue weighted by Gasteiger charge is 2.61. The smallest absolute Gasteiger partial charge is 0.255 e. The molecule has 64 heavy (non-hydrogen) atoms. The molecule has 332 valence electrons. The fraction of sp³-hybridized carbons (Fsp3) is 0.400. The minimum absolute atomic E-state index is 0.00464. The number of carbonyl (C=O) groups excluding carboxylic acids is 4. The van der Waals surface area contributed by atoms with E-state index in [1.165, 1.54) is 6.07 Å². The van der Waals surface area contributed by atoms with Gasteiger partial charge in [0.2, 0.25) is 17.7 Å². The number of imide groups is 1. The molecule has 5 heterocycles. The molecule has 9 rings (SSSR count). The van der Waals surface area contributed by atoms with Crippen LogP contribution in [0.4, 0.5) is 21.5 Å². The number of rotatable bonds is 7. The van der Waals surface area contributed by atoms with Crippen molar-refractivity contribution < 1.29 is 28.3 Å². The largest absolute Gasteiger partial charge is 0.494 e. The molecule has 14 heteroatoms. The first-order chi connectivity index (χ1) is 30.6. The van der Waals surface area contributed by atoms with Crippen molar-refractivity contribution in [1.29, 1.82) is 0 Å². The number of hydrogen-bond acceptors (Lipinski definition) is 8. The van der Waals surface area contributed by atoms with E-state index in [4.69, 9.17) is 27.9 Å². The van der Waals surface area contributed by atoms with Crippen LogP contribution in [0.3, 0.4) is 0 Å². The third kappa shape index (κ3) is 7.96. The predicted molar refractivity (Wildman–Crippen MR) is 246 cm³/mol. The van der Waals surface area contributed by atoms with Crippen molar-refractivity contribution >= 4 is 63.9 Å². The Morgan fingerprint density at radius 1 is 1.03 bits per heavy atom. The molecule has 0 unspecified atom stereocenters. The molecule has 0 bridgehead atoms. The van der Waals surface area contributed by atoms with Crippen molar-refractivity contribution in [2.45, 2.75) is 88.9 Å². The lowest BCUT2D eigenvalue weighted by atomic mass is 9.63. The van der Waals surface area contributed by atoms with Crippen LogP contribution in [0.2, 0.25) is 10.0 Å². The number of anilines is 3. The van der Waals surface area contributed by atoms with E-state index >= 15 is 4.39 Å².